The van der Waals surface area contributed by atoms with Crippen LogP contribution >= 0.6 is 0 Å². The third-order valence-corrected chi connectivity index (χ3v) is 3.70. The van der Waals surface area contributed by atoms with Gasteiger partial charge in [-0.1, -0.05) is 0 Å². The molecule has 2 heterocycles. The van der Waals surface area contributed by atoms with Gasteiger partial charge in [-0.15, -0.1) is 0 Å². The molecule has 124 valence electrons. The Balaban J connectivity index is 1.87. The number of amides is 1. The summed E-state index contributed by atoms with van der Waals surface area (Å²) < 4.78 is 7.68. The summed E-state index contributed by atoms with van der Waals surface area (Å²) >= 11 is 0. The number of aromatic nitrogens is 2. The summed E-state index contributed by atoms with van der Waals surface area (Å²) in [4.78, 5) is 12.8. The zero-order chi connectivity index (χ0) is 16.3. The zero-order valence-electron chi connectivity index (χ0n) is 13.8. The summed E-state index contributed by atoms with van der Waals surface area (Å²) in [6, 6.07) is 1.83. The van der Waals surface area contributed by atoms with Gasteiger partial charge in [-0.05, 0) is 33.8 Å². The smallest absolute Gasteiger partial charge is 0.408 e. The standard InChI is InChI=1S/C15H26N4O3/c1-11(19(14(20)21)15(2,3)4)9-22-10-12-7-13-8-16-5-6-18(13)17-12/h7,11,16H,5-6,8-10H2,1-4H3,(H,20,21)/t11-/m0/s1. The molecule has 0 radical (unpaired) electrons. The molecule has 1 amide bonds. The van der Waals surface area contributed by atoms with Crippen LogP contribution in [0.5, 0.6) is 0 Å². The molecule has 7 nitrogen and oxygen atoms in total. The van der Waals surface area contributed by atoms with Crippen LogP contribution < -0.4 is 5.32 Å². The minimum absolute atomic E-state index is 0.212. The Bertz CT molecular complexity index is 498. The monoisotopic (exact) mass is 310 g/mol. The molecule has 2 rings (SSSR count). The topological polar surface area (TPSA) is 79.6 Å². The van der Waals surface area contributed by atoms with Crippen molar-refractivity contribution in [2.75, 3.05) is 13.2 Å². The highest BCUT2D eigenvalue weighted by atomic mass is 16.5. The van der Waals surface area contributed by atoms with Crippen molar-refractivity contribution in [1.82, 2.24) is 20.0 Å². The summed E-state index contributed by atoms with van der Waals surface area (Å²) in [7, 11) is 0. The third kappa shape index (κ3) is 3.98. The van der Waals surface area contributed by atoms with Gasteiger partial charge in [0.05, 0.1) is 37.2 Å². The Morgan fingerprint density at radius 1 is 1.59 bits per heavy atom. The number of carbonyl (C=O) groups is 1. The first-order chi connectivity index (χ1) is 10.3. The molecule has 1 aromatic heterocycles. The first kappa shape index (κ1) is 16.8. The number of ether oxygens (including phenoxy) is 1. The molecule has 0 saturated heterocycles. The van der Waals surface area contributed by atoms with Crippen LogP contribution in [0.25, 0.3) is 0 Å². The van der Waals surface area contributed by atoms with Gasteiger partial charge < -0.3 is 15.2 Å². The lowest BCUT2D eigenvalue weighted by Gasteiger charge is -2.37. The SMILES string of the molecule is C[C@@H](COCc1cc2n(n1)CCNC2)N(C(=O)O)C(C)(C)C. The minimum Gasteiger partial charge on any atom is -0.465 e. The largest absolute Gasteiger partial charge is 0.465 e. The average molecular weight is 310 g/mol. The van der Waals surface area contributed by atoms with Crippen LogP contribution in [-0.4, -0.2) is 50.6 Å². The first-order valence-electron chi connectivity index (χ1n) is 7.65. The predicted octanol–water partition coefficient (Wildman–Crippen LogP) is 1.67. The molecule has 0 saturated carbocycles. The number of fused-ring (bicyclic) bond motifs is 1. The molecule has 0 unspecified atom stereocenters. The van der Waals surface area contributed by atoms with E-state index in [0.717, 1.165) is 25.3 Å². The quantitative estimate of drug-likeness (QED) is 0.865. The summed E-state index contributed by atoms with van der Waals surface area (Å²) in [6.07, 6.45) is -0.924. The number of rotatable bonds is 5. The van der Waals surface area contributed by atoms with Gasteiger partial charge in [-0.2, -0.15) is 5.10 Å². The fourth-order valence-corrected chi connectivity index (χ4v) is 2.87. The number of nitrogens with zero attached hydrogens (tertiary/aromatic N) is 3. The second-order valence-corrected chi connectivity index (χ2v) is 6.71. The van der Waals surface area contributed by atoms with Crippen molar-refractivity contribution in [3.63, 3.8) is 0 Å². The van der Waals surface area contributed by atoms with Crippen molar-refractivity contribution in [1.29, 1.82) is 0 Å². The molecule has 1 aliphatic rings. The minimum atomic E-state index is -0.924. The van der Waals surface area contributed by atoms with E-state index in [1.54, 1.807) is 0 Å². The highest BCUT2D eigenvalue weighted by molar-refractivity contribution is 5.66. The molecule has 1 aromatic rings. The fourth-order valence-electron chi connectivity index (χ4n) is 2.87. The van der Waals surface area contributed by atoms with Crippen LogP contribution in [0, 0.1) is 0 Å². The Hall–Kier alpha value is -1.60. The van der Waals surface area contributed by atoms with E-state index in [9.17, 15) is 9.90 Å². The first-order valence-corrected chi connectivity index (χ1v) is 7.65. The molecule has 0 aromatic carbocycles. The number of hydrogen-bond acceptors (Lipinski definition) is 4. The number of nitrogens with one attached hydrogen (secondary N) is 1. The van der Waals surface area contributed by atoms with E-state index >= 15 is 0 Å². The van der Waals surface area contributed by atoms with Crippen molar-refractivity contribution in [3.8, 4) is 0 Å². The van der Waals surface area contributed by atoms with E-state index in [1.807, 2.05) is 38.4 Å². The van der Waals surface area contributed by atoms with Crippen molar-refractivity contribution < 1.29 is 14.6 Å². The molecular formula is C15H26N4O3. The molecule has 1 atom stereocenters. The van der Waals surface area contributed by atoms with E-state index in [2.05, 4.69) is 10.4 Å². The number of hydrogen-bond donors (Lipinski definition) is 2. The molecule has 2 N–H and O–H groups in total. The molecular weight excluding hydrogens is 284 g/mol. The molecule has 1 aliphatic heterocycles. The lowest BCUT2D eigenvalue weighted by molar-refractivity contribution is 0.0209. The summed E-state index contributed by atoms with van der Waals surface area (Å²) in [6.45, 7) is 10.9. The van der Waals surface area contributed by atoms with Gasteiger partial charge in [0.15, 0.2) is 0 Å². The number of carboxylic acid groups (broad SMARTS) is 1. The van der Waals surface area contributed by atoms with Crippen LogP contribution in [0.15, 0.2) is 6.07 Å². The van der Waals surface area contributed by atoms with E-state index in [-0.39, 0.29) is 6.04 Å². The Morgan fingerprint density at radius 3 is 2.91 bits per heavy atom. The highest BCUT2D eigenvalue weighted by Crippen LogP contribution is 2.18. The van der Waals surface area contributed by atoms with E-state index in [0.29, 0.717) is 13.2 Å². The van der Waals surface area contributed by atoms with Crippen LogP contribution in [0.1, 0.15) is 39.1 Å². The van der Waals surface area contributed by atoms with Crippen molar-refractivity contribution in [3.05, 3.63) is 17.5 Å². The van der Waals surface area contributed by atoms with Gasteiger partial charge in [-0.3, -0.25) is 9.58 Å². The maximum absolute atomic E-state index is 11.4. The zero-order valence-corrected chi connectivity index (χ0v) is 13.8. The van der Waals surface area contributed by atoms with Crippen LogP contribution in [0.2, 0.25) is 0 Å². The van der Waals surface area contributed by atoms with Gasteiger partial charge in [0.25, 0.3) is 0 Å². The maximum atomic E-state index is 11.4. The Morgan fingerprint density at radius 2 is 2.32 bits per heavy atom. The summed E-state index contributed by atoms with van der Waals surface area (Å²) in [5, 5.41) is 17.2. The molecule has 0 bridgehead atoms. The Labute approximate surface area is 131 Å². The molecule has 0 aliphatic carbocycles. The van der Waals surface area contributed by atoms with Crippen LogP contribution in [-0.2, 0) is 24.4 Å². The van der Waals surface area contributed by atoms with E-state index in [1.165, 1.54) is 10.6 Å². The van der Waals surface area contributed by atoms with Crippen molar-refractivity contribution in [2.45, 2.75) is 59.0 Å². The maximum Gasteiger partial charge on any atom is 0.408 e. The normalized spacial score (nSPS) is 16.2. The Kier molecular flexibility index (Phi) is 5.08. The molecule has 0 spiro atoms. The van der Waals surface area contributed by atoms with Gasteiger partial charge in [0, 0.05) is 18.6 Å². The highest BCUT2D eigenvalue weighted by Gasteiger charge is 2.30. The second-order valence-electron chi connectivity index (χ2n) is 6.71. The lowest BCUT2D eigenvalue weighted by Crippen LogP contribution is -2.51. The lowest BCUT2D eigenvalue weighted by atomic mass is 10.0. The van der Waals surface area contributed by atoms with Gasteiger partial charge in [0.2, 0.25) is 0 Å². The van der Waals surface area contributed by atoms with Crippen molar-refractivity contribution >= 4 is 6.09 Å². The summed E-state index contributed by atoms with van der Waals surface area (Å²) in [5.41, 5.74) is 1.61. The van der Waals surface area contributed by atoms with E-state index in [4.69, 9.17) is 4.74 Å². The third-order valence-electron chi connectivity index (χ3n) is 3.70. The molecule has 0 fully saturated rings. The second kappa shape index (κ2) is 6.66. The van der Waals surface area contributed by atoms with Crippen LogP contribution in [0.4, 0.5) is 4.79 Å². The van der Waals surface area contributed by atoms with Crippen molar-refractivity contribution in [2.24, 2.45) is 0 Å². The molecule has 22 heavy (non-hydrogen) atoms. The average Bonchev–Trinajstić information content (AvgIpc) is 2.78. The van der Waals surface area contributed by atoms with Crippen LogP contribution in [0.3, 0.4) is 0 Å². The fraction of sp³-hybridized carbons (Fsp3) is 0.733. The predicted molar refractivity (Wildman–Crippen MR) is 82.7 cm³/mol. The van der Waals surface area contributed by atoms with E-state index < -0.39 is 11.6 Å². The van der Waals surface area contributed by atoms with Gasteiger partial charge in [0.1, 0.15) is 0 Å². The molecule has 7 heteroatoms. The van der Waals surface area contributed by atoms with Gasteiger partial charge in [-0.25, -0.2) is 4.79 Å². The van der Waals surface area contributed by atoms with Gasteiger partial charge >= 0.3 is 6.09 Å². The summed E-state index contributed by atoms with van der Waals surface area (Å²) in [5.74, 6) is 0.